The largest absolute Gasteiger partial charge is 0.484 e. The molecule has 0 saturated carbocycles. The minimum atomic E-state index is -3.28. The molecule has 2 fully saturated rings. The number of carbonyl (C=O) groups is 2. The van der Waals surface area contributed by atoms with Crippen molar-refractivity contribution in [2.45, 2.75) is 39.3 Å². The second kappa shape index (κ2) is 7.50. The summed E-state index contributed by atoms with van der Waals surface area (Å²) < 4.78 is 30.0. The number of carbonyl (C=O) groups excluding carboxylic acids is 2. The Morgan fingerprint density at radius 3 is 2.19 bits per heavy atom. The number of ether oxygens (including phenoxy) is 1. The molecule has 148 valence electrons. The van der Waals surface area contributed by atoms with Gasteiger partial charge in [0, 0.05) is 19.5 Å². The summed E-state index contributed by atoms with van der Waals surface area (Å²) in [6.45, 7) is 6.28. The SMILES string of the molecule is CCC(=O)N1CCN(C(=O)COc2ccc(C)c(C)c2)[C@@H]2CS(=O)(=O)C[C@@H]21. The van der Waals surface area contributed by atoms with Crippen molar-refractivity contribution in [3.05, 3.63) is 29.3 Å². The van der Waals surface area contributed by atoms with E-state index >= 15 is 0 Å². The van der Waals surface area contributed by atoms with Crippen molar-refractivity contribution in [1.82, 2.24) is 9.80 Å². The van der Waals surface area contributed by atoms with E-state index in [0.29, 0.717) is 25.3 Å². The van der Waals surface area contributed by atoms with Gasteiger partial charge in [0.25, 0.3) is 5.91 Å². The Hall–Kier alpha value is -2.09. The maximum absolute atomic E-state index is 12.7. The van der Waals surface area contributed by atoms with Gasteiger partial charge in [0.1, 0.15) is 5.75 Å². The Morgan fingerprint density at radius 1 is 1.04 bits per heavy atom. The van der Waals surface area contributed by atoms with Crippen LogP contribution in [0, 0.1) is 13.8 Å². The quantitative estimate of drug-likeness (QED) is 0.759. The zero-order valence-electron chi connectivity index (χ0n) is 16.0. The van der Waals surface area contributed by atoms with Crippen molar-refractivity contribution in [3.63, 3.8) is 0 Å². The summed E-state index contributed by atoms with van der Waals surface area (Å²) in [5.74, 6) is 0.123. The van der Waals surface area contributed by atoms with Gasteiger partial charge in [-0.15, -0.1) is 0 Å². The van der Waals surface area contributed by atoms with Gasteiger partial charge in [0.2, 0.25) is 5.91 Å². The topological polar surface area (TPSA) is 84.0 Å². The normalized spacial score (nSPS) is 23.8. The first-order valence-corrected chi connectivity index (χ1v) is 11.0. The summed E-state index contributed by atoms with van der Waals surface area (Å²) in [7, 11) is -3.28. The van der Waals surface area contributed by atoms with Crippen LogP contribution in [0.4, 0.5) is 0 Å². The molecule has 0 unspecified atom stereocenters. The Balaban J connectivity index is 1.71. The van der Waals surface area contributed by atoms with Gasteiger partial charge in [0.05, 0.1) is 23.6 Å². The number of hydrogen-bond acceptors (Lipinski definition) is 5. The molecule has 2 aliphatic rings. The molecule has 2 amide bonds. The van der Waals surface area contributed by atoms with Crippen LogP contribution in [0.5, 0.6) is 5.75 Å². The Morgan fingerprint density at radius 2 is 1.63 bits per heavy atom. The summed E-state index contributed by atoms with van der Waals surface area (Å²) in [6.07, 6.45) is 0.326. The van der Waals surface area contributed by atoms with E-state index in [-0.39, 0.29) is 29.9 Å². The second-order valence-corrected chi connectivity index (χ2v) is 9.43. The third kappa shape index (κ3) is 4.10. The number of piperazine rings is 1. The van der Waals surface area contributed by atoms with Crippen LogP contribution in [0.15, 0.2) is 18.2 Å². The average Bonchev–Trinajstić information content (AvgIpc) is 2.95. The number of fused-ring (bicyclic) bond motifs is 1. The fourth-order valence-electron chi connectivity index (χ4n) is 3.81. The van der Waals surface area contributed by atoms with Gasteiger partial charge in [-0.25, -0.2) is 8.42 Å². The second-order valence-electron chi connectivity index (χ2n) is 7.27. The molecule has 27 heavy (non-hydrogen) atoms. The van der Waals surface area contributed by atoms with Crippen LogP contribution in [0.3, 0.4) is 0 Å². The van der Waals surface area contributed by atoms with E-state index in [1.165, 1.54) is 0 Å². The molecule has 2 aliphatic heterocycles. The zero-order valence-corrected chi connectivity index (χ0v) is 16.8. The lowest BCUT2D eigenvalue weighted by atomic mass is 10.0. The van der Waals surface area contributed by atoms with E-state index in [4.69, 9.17) is 4.74 Å². The van der Waals surface area contributed by atoms with Gasteiger partial charge in [-0.05, 0) is 37.1 Å². The highest BCUT2D eigenvalue weighted by atomic mass is 32.2. The summed E-state index contributed by atoms with van der Waals surface area (Å²) in [4.78, 5) is 28.1. The number of nitrogens with zero attached hydrogens (tertiary/aromatic N) is 2. The first-order valence-electron chi connectivity index (χ1n) is 9.21. The number of amides is 2. The van der Waals surface area contributed by atoms with Gasteiger partial charge in [0.15, 0.2) is 16.4 Å². The fraction of sp³-hybridized carbons (Fsp3) is 0.579. The third-order valence-corrected chi connectivity index (χ3v) is 7.16. The highest BCUT2D eigenvalue weighted by Gasteiger charge is 2.49. The predicted molar refractivity (Wildman–Crippen MR) is 101 cm³/mol. The molecule has 2 atom stereocenters. The van der Waals surface area contributed by atoms with E-state index in [2.05, 4.69) is 0 Å². The molecule has 0 aromatic heterocycles. The van der Waals surface area contributed by atoms with Crippen LogP contribution in [0.25, 0.3) is 0 Å². The Labute approximate surface area is 160 Å². The number of rotatable bonds is 4. The minimum Gasteiger partial charge on any atom is -0.484 e. The highest BCUT2D eigenvalue weighted by molar-refractivity contribution is 7.91. The van der Waals surface area contributed by atoms with Crippen molar-refractivity contribution in [2.75, 3.05) is 31.2 Å². The zero-order chi connectivity index (χ0) is 19.8. The molecule has 0 spiro atoms. The molecular formula is C19H26N2O5S. The average molecular weight is 394 g/mol. The number of hydrogen-bond donors (Lipinski definition) is 0. The van der Waals surface area contributed by atoms with E-state index < -0.39 is 21.9 Å². The van der Waals surface area contributed by atoms with E-state index in [1.54, 1.807) is 16.7 Å². The van der Waals surface area contributed by atoms with Crippen LogP contribution < -0.4 is 4.74 Å². The monoisotopic (exact) mass is 394 g/mol. The summed E-state index contributed by atoms with van der Waals surface area (Å²) in [5.41, 5.74) is 2.22. The lowest BCUT2D eigenvalue weighted by Crippen LogP contribution is -2.62. The van der Waals surface area contributed by atoms with Gasteiger partial charge in [-0.2, -0.15) is 0 Å². The van der Waals surface area contributed by atoms with Crippen LogP contribution in [0.1, 0.15) is 24.5 Å². The number of benzene rings is 1. The predicted octanol–water partition coefficient (Wildman–Crippen LogP) is 0.929. The fourth-order valence-corrected chi connectivity index (χ4v) is 5.79. The Bertz CT molecular complexity index is 852. The molecule has 1 aromatic rings. The van der Waals surface area contributed by atoms with Crippen LogP contribution in [0.2, 0.25) is 0 Å². The highest BCUT2D eigenvalue weighted by Crippen LogP contribution is 2.28. The molecule has 0 radical (unpaired) electrons. The van der Waals surface area contributed by atoms with Crippen molar-refractivity contribution in [3.8, 4) is 5.75 Å². The standard InChI is InChI=1S/C19H26N2O5S/c1-4-18(22)20-7-8-21(17-12-27(24,25)11-16(17)20)19(23)10-26-15-6-5-13(2)14(3)9-15/h5-6,9,16-17H,4,7-8,10-12H2,1-3H3/t16-,17+/m0/s1. The van der Waals surface area contributed by atoms with Crippen molar-refractivity contribution < 1.29 is 22.7 Å². The van der Waals surface area contributed by atoms with Crippen molar-refractivity contribution in [2.24, 2.45) is 0 Å². The van der Waals surface area contributed by atoms with Crippen molar-refractivity contribution in [1.29, 1.82) is 0 Å². The lowest BCUT2D eigenvalue weighted by Gasteiger charge is -2.43. The van der Waals surface area contributed by atoms with E-state index in [9.17, 15) is 18.0 Å². The molecule has 1 aromatic carbocycles. The molecule has 8 heteroatoms. The molecule has 7 nitrogen and oxygen atoms in total. The molecule has 0 N–H and O–H groups in total. The summed E-state index contributed by atoms with van der Waals surface area (Å²) >= 11 is 0. The van der Waals surface area contributed by atoms with Crippen molar-refractivity contribution >= 4 is 21.7 Å². The number of aryl methyl sites for hydroxylation is 2. The Kier molecular flexibility index (Phi) is 5.46. The van der Waals surface area contributed by atoms with E-state index in [0.717, 1.165) is 11.1 Å². The van der Waals surface area contributed by atoms with Gasteiger partial charge in [-0.3, -0.25) is 9.59 Å². The summed E-state index contributed by atoms with van der Waals surface area (Å²) in [6, 6.07) is 4.68. The van der Waals surface area contributed by atoms with Gasteiger partial charge >= 0.3 is 0 Å². The smallest absolute Gasteiger partial charge is 0.260 e. The molecular weight excluding hydrogens is 368 g/mol. The summed E-state index contributed by atoms with van der Waals surface area (Å²) in [5, 5.41) is 0. The van der Waals surface area contributed by atoms with Crippen LogP contribution >= 0.6 is 0 Å². The lowest BCUT2D eigenvalue weighted by molar-refractivity contribution is -0.146. The maximum atomic E-state index is 12.7. The first-order chi connectivity index (χ1) is 12.7. The van der Waals surface area contributed by atoms with Crippen LogP contribution in [-0.2, 0) is 19.4 Å². The van der Waals surface area contributed by atoms with Gasteiger partial charge in [-0.1, -0.05) is 13.0 Å². The molecule has 2 heterocycles. The molecule has 0 aliphatic carbocycles. The first kappa shape index (κ1) is 19.7. The third-order valence-electron chi connectivity index (χ3n) is 5.46. The maximum Gasteiger partial charge on any atom is 0.260 e. The molecule has 0 bridgehead atoms. The number of sulfone groups is 1. The van der Waals surface area contributed by atoms with E-state index in [1.807, 2.05) is 32.0 Å². The molecule has 2 saturated heterocycles. The van der Waals surface area contributed by atoms with Gasteiger partial charge < -0.3 is 14.5 Å². The minimum absolute atomic E-state index is 0.0689. The van der Waals surface area contributed by atoms with Crippen LogP contribution in [-0.4, -0.2) is 73.3 Å². The molecule has 3 rings (SSSR count).